The van der Waals surface area contributed by atoms with E-state index in [2.05, 4.69) is 16.3 Å². The molecule has 0 spiro atoms. The maximum absolute atomic E-state index is 12.4. The van der Waals surface area contributed by atoms with Crippen molar-refractivity contribution >= 4 is 17.5 Å². The second-order valence-corrected chi connectivity index (χ2v) is 7.21. The summed E-state index contributed by atoms with van der Waals surface area (Å²) in [5, 5.41) is 8.52. The van der Waals surface area contributed by atoms with E-state index in [-0.39, 0.29) is 5.78 Å². The number of nitrogens with zero attached hydrogens (tertiary/aromatic N) is 2. The Morgan fingerprint density at radius 1 is 1.08 bits per heavy atom. The molecule has 126 valence electrons. The number of ketones is 1. The molecule has 0 amide bonds. The molecule has 0 saturated carbocycles. The van der Waals surface area contributed by atoms with Gasteiger partial charge in [-0.3, -0.25) is 4.79 Å². The number of aryl methyl sites for hydroxylation is 3. The van der Waals surface area contributed by atoms with Gasteiger partial charge in [0, 0.05) is 11.1 Å². The van der Waals surface area contributed by atoms with Crippen molar-refractivity contribution < 1.29 is 9.21 Å². The molecule has 1 aromatic heterocycles. The summed E-state index contributed by atoms with van der Waals surface area (Å²) in [6.45, 7) is 2.03. The van der Waals surface area contributed by atoms with Gasteiger partial charge in [0.1, 0.15) is 0 Å². The molecule has 0 unspecified atom stereocenters. The number of benzene rings is 2. The van der Waals surface area contributed by atoms with E-state index in [9.17, 15) is 4.79 Å². The van der Waals surface area contributed by atoms with Gasteiger partial charge in [0.05, 0.1) is 5.75 Å². The number of hydrogen-bond donors (Lipinski definition) is 0. The number of thioether (sulfide) groups is 1. The molecule has 0 N–H and O–H groups in total. The molecule has 0 radical (unpaired) electrons. The molecular formula is C20H18N2O2S. The molecule has 1 aliphatic rings. The van der Waals surface area contributed by atoms with Crippen LogP contribution in [0.15, 0.2) is 52.1 Å². The zero-order valence-electron chi connectivity index (χ0n) is 14.0. The van der Waals surface area contributed by atoms with Gasteiger partial charge in [0.2, 0.25) is 5.89 Å². The lowest BCUT2D eigenvalue weighted by molar-refractivity contribution is 0.102. The van der Waals surface area contributed by atoms with Gasteiger partial charge in [-0.15, -0.1) is 10.2 Å². The summed E-state index contributed by atoms with van der Waals surface area (Å²) in [4.78, 5) is 12.4. The Morgan fingerprint density at radius 3 is 2.72 bits per heavy atom. The molecule has 1 heterocycles. The van der Waals surface area contributed by atoms with Crippen LogP contribution in [-0.2, 0) is 12.8 Å². The van der Waals surface area contributed by atoms with Gasteiger partial charge in [-0.05, 0) is 55.5 Å². The minimum Gasteiger partial charge on any atom is -0.411 e. The van der Waals surface area contributed by atoms with Crippen LogP contribution in [0, 0.1) is 6.92 Å². The highest BCUT2D eigenvalue weighted by Gasteiger charge is 2.16. The van der Waals surface area contributed by atoms with Crippen LogP contribution in [0.5, 0.6) is 0 Å². The van der Waals surface area contributed by atoms with Crippen LogP contribution in [-0.4, -0.2) is 21.7 Å². The van der Waals surface area contributed by atoms with Gasteiger partial charge in [-0.25, -0.2) is 0 Å². The number of aromatic nitrogens is 2. The van der Waals surface area contributed by atoms with E-state index >= 15 is 0 Å². The van der Waals surface area contributed by atoms with Crippen LogP contribution in [0.3, 0.4) is 0 Å². The van der Waals surface area contributed by atoms with Crippen molar-refractivity contribution in [3.8, 4) is 11.5 Å². The summed E-state index contributed by atoms with van der Waals surface area (Å²) in [6.07, 6.45) is 3.39. The van der Waals surface area contributed by atoms with Crippen molar-refractivity contribution in [2.45, 2.75) is 31.4 Å². The highest BCUT2D eigenvalue weighted by atomic mass is 32.2. The number of fused-ring (bicyclic) bond motifs is 1. The van der Waals surface area contributed by atoms with Crippen molar-refractivity contribution in [2.75, 3.05) is 5.75 Å². The predicted octanol–water partition coefficient (Wildman–Crippen LogP) is 4.51. The number of rotatable bonds is 5. The van der Waals surface area contributed by atoms with E-state index in [0.29, 0.717) is 16.9 Å². The largest absolute Gasteiger partial charge is 0.411 e. The fraction of sp³-hybridized carbons (Fsp3) is 0.250. The molecule has 0 aliphatic heterocycles. The number of Topliss-reactive ketones (excluding diaryl/α,β-unsaturated/α-hetero) is 1. The van der Waals surface area contributed by atoms with Crippen LogP contribution < -0.4 is 0 Å². The van der Waals surface area contributed by atoms with E-state index in [1.54, 1.807) is 0 Å². The van der Waals surface area contributed by atoms with Gasteiger partial charge in [-0.1, -0.05) is 41.6 Å². The molecule has 4 nitrogen and oxygen atoms in total. The van der Waals surface area contributed by atoms with Crippen LogP contribution in [0.4, 0.5) is 0 Å². The summed E-state index contributed by atoms with van der Waals surface area (Å²) < 4.78 is 5.66. The summed E-state index contributed by atoms with van der Waals surface area (Å²) >= 11 is 1.29. The number of carbonyl (C=O) groups is 1. The standard InChI is InChI=1S/C20H18N2O2S/c1-13-5-7-15(8-6-13)19-21-22-20(24-19)25-12-18(23)17-10-9-14-3-2-4-16(14)11-17/h5-11H,2-4,12H2,1H3. The zero-order chi connectivity index (χ0) is 17.2. The van der Waals surface area contributed by atoms with Gasteiger partial charge >= 0.3 is 0 Å². The first-order chi connectivity index (χ1) is 12.2. The van der Waals surface area contributed by atoms with Gasteiger partial charge < -0.3 is 4.42 Å². The van der Waals surface area contributed by atoms with Gasteiger partial charge in [-0.2, -0.15) is 0 Å². The van der Waals surface area contributed by atoms with Crippen molar-refractivity contribution in [2.24, 2.45) is 0 Å². The zero-order valence-corrected chi connectivity index (χ0v) is 14.8. The van der Waals surface area contributed by atoms with Gasteiger partial charge in [0.15, 0.2) is 5.78 Å². The van der Waals surface area contributed by atoms with E-state index in [1.165, 1.54) is 34.9 Å². The fourth-order valence-corrected chi connectivity index (χ4v) is 3.69. The Bertz CT molecular complexity index is 916. The summed E-state index contributed by atoms with van der Waals surface area (Å²) in [5.74, 6) is 0.871. The Labute approximate surface area is 150 Å². The first kappa shape index (κ1) is 16.1. The third-order valence-corrected chi connectivity index (χ3v) is 5.27. The molecule has 1 aliphatic carbocycles. The van der Waals surface area contributed by atoms with Crippen molar-refractivity contribution in [3.05, 3.63) is 64.7 Å². The minimum atomic E-state index is 0.0924. The molecule has 0 bridgehead atoms. The Balaban J connectivity index is 1.41. The smallest absolute Gasteiger partial charge is 0.277 e. The second kappa shape index (κ2) is 6.84. The molecule has 4 rings (SSSR count). The van der Waals surface area contributed by atoms with Crippen LogP contribution in [0.2, 0.25) is 0 Å². The lowest BCUT2D eigenvalue weighted by Gasteiger charge is -2.03. The average molecular weight is 350 g/mol. The lowest BCUT2D eigenvalue weighted by atomic mass is 10.0. The summed E-state index contributed by atoms with van der Waals surface area (Å²) in [7, 11) is 0. The molecule has 5 heteroatoms. The Morgan fingerprint density at radius 2 is 1.88 bits per heavy atom. The second-order valence-electron chi connectivity index (χ2n) is 6.29. The quantitative estimate of drug-likeness (QED) is 0.500. The molecule has 2 aromatic carbocycles. The van der Waals surface area contributed by atoms with Crippen molar-refractivity contribution in [1.82, 2.24) is 10.2 Å². The lowest BCUT2D eigenvalue weighted by Crippen LogP contribution is -2.03. The average Bonchev–Trinajstić information content (AvgIpc) is 3.29. The first-order valence-electron chi connectivity index (χ1n) is 8.37. The first-order valence-corrected chi connectivity index (χ1v) is 9.36. The van der Waals surface area contributed by atoms with E-state index < -0.39 is 0 Å². The number of carbonyl (C=O) groups excluding carboxylic acids is 1. The molecule has 0 atom stereocenters. The van der Waals surface area contributed by atoms with Crippen LogP contribution in [0.25, 0.3) is 11.5 Å². The maximum Gasteiger partial charge on any atom is 0.277 e. The highest BCUT2D eigenvalue weighted by molar-refractivity contribution is 7.99. The van der Waals surface area contributed by atoms with Crippen LogP contribution in [0.1, 0.15) is 33.5 Å². The topological polar surface area (TPSA) is 56.0 Å². The maximum atomic E-state index is 12.4. The Hall–Kier alpha value is -2.40. The molecular weight excluding hydrogens is 332 g/mol. The molecule has 0 saturated heterocycles. The van der Waals surface area contributed by atoms with Gasteiger partial charge in [0.25, 0.3) is 5.22 Å². The summed E-state index contributed by atoms with van der Waals surface area (Å²) in [6, 6.07) is 14.0. The van der Waals surface area contributed by atoms with E-state index in [4.69, 9.17) is 4.42 Å². The Kier molecular flexibility index (Phi) is 4.40. The normalized spacial score (nSPS) is 13.0. The van der Waals surface area contributed by atoms with Crippen LogP contribution >= 0.6 is 11.8 Å². The minimum absolute atomic E-state index is 0.0924. The highest BCUT2D eigenvalue weighted by Crippen LogP contribution is 2.26. The summed E-state index contributed by atoms with van der Waals surface area (Å²) in [5.41, 5.74) is 5.53. The monoisotopic (exact) mass is 350 g/mol. The molecule has 25 heavy (non-hydrogen) atoms. The fourth-order valence-electron chi connectivity index (χ4n) is 3.04. The van der Waals surface area contributed by atoms with E-state index in [1.807, 2.05) is 43.3 Å². The third-order valence-electron chi connectivity index (χ3n) is 4.45. The predicted molar refractivity (Wildman–Crippen MR) is 98.0 cm³/mol. The SMILES string of the molecule is Cc1ccc(-c2nnc(SCC(=O)c3ccc4c(c3)CCC4)o2)cc1. The van der Waals surface area contributed by atoms with Crippen molar-refractivity contribution in [3.63, 3.8) is 0 Å². The third kappa shape index (κ3) is 3.51. The number of hydrogen-bond acceptors (Lipinski definition) is 5. The van der Waals surface area contributed by atoms with E-state index in [0.717, 1.165) is 24.0 Å². The molecule has 3 aromatic rings. The van der Waals surface area contributed by atoms with Crippen molar-refractivity contribution in [1.29, 1.82) is 0 Å². The molecule has 0 fully saturated rings.